The second-order valence-corrected chi connectivity index (χ2v) is 20.9. The number of imidazole rings is 1. The number of nitrogens with one attached hydrogen (secondary N) is 6. The number of carbonyl (C=O) groups is 2. The van der Waals surface area contributed by atoms with Crippen molar-refractivity contribution < 1.29 is 42.5 Å². The summed E-state index contributed by atoms with van der Waals surface area (Å²) in [5.41, 5.74) is 3.34. The van der Waals surface area contributed by atoms with E-state index in [0.717, 1.165) is 32.1 Å². The van der Waals surface area contributed by atoms with Crippen molar-refractivity contribution in [3.05, 3.63) is 70.5 Å². The highest BCUT2D eigenvalue weighted by atomic mass is 32.2. The largest absolute Gasteiger partial charge is 0.453 e. The van der Waals surface area contributed by atoms with Gasteiger partial charge in [-0.15, -0.1) is 11.8 Å². The van der Waals surface area contributed by atoms with Crippen LogP contribution in [0, 0.1) is 17.8 Å². The van der Waals surface area contributed by atoms with Crippen molar-refractivity contribution in [2.24, 2.45) is 17.8 Å². The highest BCUT2D eigenvalue weighted by Crippen LogP contribution is 2.42. The zero-order valence-electron chi connectivity index (χ0n) is 39.6. The molecule has 19 heteroatoms. The van der Waals surface area contributed by atoms with Crippen LogP contribution in [0.2, 0.25) is 0 Å². The molecule has 0 aromatic carbocycles. The summed E-state index contributed by atoms with van der Waals surface area (Å²) in [6.07, 6.45) is 16.5. The van der Waals surface area contributed by atoms with Gasteiger partial charge in [0.15, 0.2) is 0 Å². The molecule has 0 radical (unpaired) electrons. The summed E-state index contributed by atoms with van der Waals surface area (Å²) in [4.78, 5) is 44.9. The average molecular weight is 956 g/mol. The van der Waals surface area contributed by atoms with Gasteiger partial charge in [0.25, 0.3) is 0 Å². The lowest BCUT2D eigenvalue weighted by Gasteiger charge is -2.38. The van der Waals surface area contributed by atoms with Crippen molar-refractivity contribution in [3.63, 3.8) is 0 Å². The number of aliphatic hydroxyl groups excluding tert-OH is 1. The summed E-state index contributed by atoms with van der Waals surface area (Å²) in [5.74, 6) is -0.527. The molecule has 1 aromatic heterocycles. The number of aromatic amines is 1. The quantitative estimate of drug-likeness (QED) is 0.0897. The number of likely N-dealkylation sites (tertiary alicyclic amines) is 1. The molecule has 12 atom stereocenters. The Balaban J connectivity index is 0.989. The number of thioether (sulfide) groups is 1. The number of ether oxygens (including phenoxy) is 3. The van der Waals surface area contributed by atoms with Crippen LogP contribution in [0.4, 0.5) is 13.6 Å². The molecule has 370 valence electrons. The van der Waals surface area contributed by atoms with Crippen molar-refractivity contribution >= 4 is 29.3 Å². The smallest absolute Gasteiger partial charge is 0.407 e. The molecule has 3 saturated heterocycles. The van der Waals surface area contributed by atoms with Crippen LogP contribution in [-0.4, -0.2) is 144 Å². The predicted molar refractivity (Wildman–Crippen MR) is 252 cm³/mol. The Bertz CT molecular complexity index is 2060. The number of hydrogen-bond acceptors (Lipinski definition) is 14. The molecule has 1 aromatic rings. The number of allylic oxidation sites excluding steroid dienone is 4. The molecule has 8 rings (SSSR count). The second kappa shape index (κ2) is 22.1. The van der Waals surface area contributed by atoms with Gasteiger partial charge in [-0.1, -0.05) is 36.8 Å². The molecule has 7 aliphatic rings. The van der Waals surface area contributed by atoms with Crippen molar-refractivity contribution in [3.8, 4) is 0 Å². The van der Waals surface area contributed by atoms with Crippen LogP contribution in [0.3, 0.4) is 0 Å². The highest BCUT2D eigenvalue weighted by Gasteiger charge is 2.45. The van der Waals surface area contributed by atoms with E-state index in [1.807, 2.05) is 28.9 Å². The number of H-pyrrole nitrogens is 1. The number of aromatic nitrogens is 2. The molecule has 12 unspecified atom stereocenters. The normalized spacial score (nSPS) is 32.0. The van der Waals surface area contributed by atoms with Crippen LogP contribution < -0.4 is 26.7 Å². The van der Waals surface area contributed by atoms with Gasteiger partial charge >= 0.3 is 6.09 Å². The van der Waals surface area contributed by atoms with E-state index in [9.17, 15) is 14.7 Å². The maximum atomic E-state index is 16.7. The summed E-state index contributed by atoms with van der Waals surface area (Å²) < 4.78 is 49.4. The molecule has 16 nitrogen and oxygen atoms in total. The van der Waals surface area contributed by atoms with Crippen molar-refractivity contribution in [2.75, 3.05) is 47.1 Å². The molecule has 0 saturated carbocycles. The Kier molecular flexibility index (Phi) is 16.4. The molecule has 5 aliphatic heterocycles. The first kappa shape index (κ1) is 49.9. The van der Waals surface area contributed by atoms with Crippen LogP contribution in [0.5, 0.6) is 0 Å². The minimum atomic E-state index is -1.78. The minimum absolute atomic E-state index is 0.0386. The number of amides is 2. The number of halogens is 2. The van der Waals surface area contributed by atoms with E-state index >= 15 is 8.78 Å². The molecule has 2 aliphatic carbocycles. The maximum Gasteiger partial charge on any atom is 0.407 e. The number of aliphatic hydroxyl groups is 1. The number of hydrogen-bond donors (Lipinski definition) is 7. The average Bonchev–Trinajstić information content (AvgIpc) is 4.16. The molecule has 7 N–H and O–H groups in total. The van der Waals surface area contributed by atoms with Gasteiger partial charge in [0, 0.05) is 50.5 Å². The summed E-state index contributed by atoms with van der Waals surface area (Å²) in [5, 5.41) is 25.5. The van der Waals surface area contributed by atoms with Crippen molar-refractivity contribution in [1.82, 2.24) is 46.5 Å². The molecular weight excluding hydrogens is 885 g/mol. The monoisotopic (exact) mass is 956 g/mol. The van der Waals surface area contributed by atoms with Crippen LogP contribution in [0.15, 0.2) is 59.0 Å². The summed E-state index contributed by atoms with van der Waals surface area (Å²) in [7, 11) is 2.71. The van der Waals surface area contributed by atoms with Gasteiger partial charge in [0.05, 0.1) is 49.4 Å². The Morgan fingerprint density at radius 1 is 1.15 bits per heavy atom. The lowest BCUT2D eigenvalue weighted by Crippen LogP contribution is -2.60. The lowest BCUT2D eigenvalue weighted by atomic mass is 9.80. The summed E-state index contributed by atoms with van der Waals surface area (Å²) in [6.45, 7) is 9.69. The molecule has 2 amide bonds. The molecule has 0 spiro atoms. The van der Waals surface area contributed by atoms with Gasteiger partial charge in [-0.25, -0.2) is 18.6 Å². The van der Waals surface area contributed by atoms with Crippen molar-refractivity contribution in [2.45, 2.75) is 145 Å². The molecule has 67 heavy (non-hydrogen) atoms. The van der Waals surface area contributed by atoms with Gasteiger partial charge in [-0.3, -0.25) is 25.6 Å². The van der Waals surface area contributed by atoms with E-state index < -0.39 is 48.4 Å². The zero-order chi connectivity index (χ0) is 47.4. The maximum absolute atomic E-state index is 16.7. The zero-order valence-corrected chi connectivity index (χ0v) is 40.5. The molecule has 0 bridgehead atoms. The van der Waals surface area contributed by atoms with Gasteiger partial charge in [-0.05, 0) is 101 Å². The highest BCUT2D eigenvalue weighted by molar-refractivity contribution is 8.03. The summed E-state index contributed by atoms with van der Waals surface area (Å²) >= 11 is 1.79. The van der Waals surface area contributed by atoms with Crippen LogP contribution in [-0.2, 0) is 23.8 Å². The first-order valence-corrected chi connectivity index (χ1v) is 25.0. The SMILES string of the molecule is CCCN(C(=O)C(NC(=O)OC)C1CCOCC1)C1NCC(C2=CCC3NC(C4CC=C(C)S4)OC4C=C(c5cnc(C6CCCN6C(O)C(NOC)C(C)(C)F)[nH]5)C=C(F)C4C=CC3C2)N1. The molecule has 6 heterocycles. The third-order valence-corrected chi connectivity index (χ3v) is 15.8. The number of rotatable bonds is 15. The Morgan fingerprint density at radius 2 is 1.96 bits per heavy atom. The fourth-order valence-corrected chi connectivity index (χ4v) is 12.0. The van der Waals surface area contributed by atoms with Crippen LogP contribution in [0.1, 0.15) is 96.6 Å². The van der Waals surface area contributed by atoms with Crippen molar-refractivity contribution in [1.29, 1.82) is 0 Å². The van der Waals surface area contributed by atoms with E-state index in [-0.39, 0.29) is 53.2 Å². The number of carbonyl (C=O) groups excluding carboxylic acids is 2. The van der Waals surface area contributed by atoms with Crippen LogP contribution >= 0.6 is 11.8 Å². The standard InChI is InChI=1S/C48H71F2N9O7S/c1-7-18-59(44(60)40(56-47(62)63-5)28-16-20-65-21-17-28)46-52-26-35(55-46)30-12-14-34-29(22-30)11-13-32-33(49)23-31(24-38(32)66-43(54-34)39-15-10-27(2)67-39)36-25-51-42(53-36)37-9-8-19-58(37)45(61)41(57-64-6)48(3,4)50/h10-13,23-25,28-29,32,34-35,37-41,43,45-46,52,54-55,57,61H,7-9,14-22,26H2,1-6H3,(H,51,53)(H,56,62). The number of methoxy groups -OCH3 is 1. The fraction of sp³-hybridized carbons (Fsp3) is 0.688. The number of nitrogens with zero attached hydrogens (tertiary/aromatic N) is 3. The molecular formula is C48H71F2N9O7S. The van der Waals surface area contributed by atoms with E-state index in [1.165, 1.54) is 38.5 Å². The number of fused-ring (bicyclic) bond motifs is 2. The van der Waals surface area contributed by atoms with Gasteiger partial charge < -0.3 is 39.4 Å². The van der Waals surface area contributed by atoms with Gasteiger partial charge in [0.1, 0.15) is 48.1 Å². The van der Waals surface area contributed by atoms with E-state index in [0.29, 0.717) is 69.2 Å². The van der Waals surface area contributed by atoms with Crippen LogP contribution in [0.25, 0.3) is 5.57 Å². The number of alkyl halides is 1. The van der Waals surface area contributed by atoms with Gasteiger partial charge in [-0.2, -0.15) is 5.48 Å². The topological polar surface area (TPSA) is 187 Å². The number of hydroxylamine groups is 1. The Morgan fingerprint density at radius 3 is 2.67 bits per heavy atom. The fourth-order valence-electron chi connectivity index (χ4n) is 10.8. The second-order valence-electron chi connectivity index (χ2n) is 19.4. The third-order valence-electron chi connectivity index (χ3n) is 14.5. The number of alkyl carbamates (subject to hydrolysis) is 1. The predicted octanol–water partition coefficient (Wildman–Crippen LogP) is 5.22. The third kappa shape index (κ3) is 11.4. The van der Waals surface area contributed by atoms with E-state index in [2.05, 4.69) is 56.9 Å². The minimum Gasteiger partial charge on any atom is -0.453 e. The first-order chi connectivity index (χ1) is 32.3. The van der Waals surface area contributed by atoms with E-state index in [4.69, 9.17) is 24.0 Å². The first-order valence-electron chi connectivity index (χ1n) is 24.2. The van der Waals surface area contributed by atoms with Gasteiger partial charge in [0.2, 0.25) is 5.91 Å². The lowest BCUT2D eigenvalue weighted by molar-refractivity contribution is -0.139. The molecule has 3 fully saturated rings. The Hall–Kier alpha value is -3.50. The van der Waals surface area contributed by atoms with E-state index in [1.54, 1.807) is 24.0 Å². The Labute approximate surface area is 397 Å². The summed E-state index contributed by atoms with van der Waals surface area (Å²) in [6, 6.07) is -2.06.